The number of esters is 1. The van der Waals surface area contributed by atoms with Gasteiger partial charge in [0.1, 0.15) is 0 Å². The Morgan fingerprint density at radius 1 is 1.15 bits per heavy atom. The van der Waals surface area contributed by atoms with Crippen molar-refractivity contribution < 1.29 is 19.1 Å². The van der Waals surface area contributed by atoms with E-state index in [1.807, 2.05) is 6.07 Å². The van der Waals surface area contributed by atoms with Crippen molar-refractivity contribution in [1.82, 2.24) is 5.32 Å². The van der Waals surface area contributed by atoms with Crippen molar-refractivity contribution in [3.05, 3.63) is 35.4 Å². The Morgan fingerprint density at radius 3 is 2.37 bits per heavy atom. The number of carbonyl (C=O) groups excluding carboxylic acids is 2. The van der Waals surface area contributed by atoms with E-state index in [0.29, 0.717) is 12.2 Å². The fraction of sp³-hybridized carbons (Fsp3) is 0.636. The summed E-state index contributed by atoms with van der Waals surface area (Å²) >= 11 is 0. The van der Waals surface area contributed by atoms with Crippen LogP contribution in [0.1, 0.15) is 61.4 Å². The van der Waals surface area contributed by atoms with Crippen LogP contribution in [0.2, 0.25) is 0 Å². The Labute approximate surface area is 160 Å². The van der Waals surface area contributed by atoms with Crippen LogP contribution in [0.3, 0.4) is 0 Å². The van der Waals surface area contributed by atoms with Gasteiger partial charge in [-0.05, 0) is 80.9 Å². The Kier molecular flexibility index (Phi) is 4.97. The van der Waals surface area contributed by atoms with E-state index in [0.717, 1.165) is 42.6 Å². The fourth-order valence-electron chi connectivity index (χ4n) is 5.86. The quantitative estimate of drug-likeness (QED) is 0.778. The molecule has 4 aliphatic carbocycles. The van der Waals surface area contributed by atoms with Gasteiger partial charge in [-0.3, -0.25) is 4.79 Å². The van der Waals surface area contributed by atoms with Gasteiger partial charge < -0.3 is 14.8 Å². The summed E-state index contributed by atoms with van der Waals surface area (Å²) in [5, 5.41) is 3.28. The first-order chi connectivity index (χ1) is 13.0. The number of methoxy groups -OCH3 is 1. The summed E-state index contributed by atoms with van der Waals surface area (Å²) in [7, 11) is 1.61. The van der Waals surface area contributed by atoms with Crippen LogP contribution in [0, 0.1) is 17.8 Å². The molecule has 5 rings (SSSR count). The van der Waals surface area contributed by atoms with Gasteiger partial charge in [-0.2, -0.15) is 0 Å². The van der Waals surface area contributed by atoms with Gasteiger partial charge in [0.05, 0.1) is 12.2 Å². The normalized spacial score (nSPS) is 32.1. The third-order valence-electron chi connectivity index (χ3n) is 6.55. The van der Waals surface area contributed by atoms with E-state index in [4.69, 9.17) is 9.47 Å². The summed E-state index contributed by atoms with van der Waals surface area (Å²) in [5.74, 6) is 1.65. The lowest BCUT2D eigenvalue weighted by atomic mass is 9.53. The molecule has 0 saturated heterocycles. The van der Waals surface area contributed by atoms with Gasteiger partial charge in [-0.1, -0.05) is 12.1 Å². The number of hydrogen-bond acceptors (Lipinski definition) is 4. The third kappa shape index (κ3) is 3.88. The maximum Gasteiger partial charge on any atom is 0.338 e. The molecule has 1 aromatic carbocycles. The predicted octanol–water partition coefficient (Wildman–Crippen LogP) is 3.46. The Balaban J connectivity index is 1.37. The van der Waals surface area contributed by atoms with Crippen molar-refractivity contribution in [1.29, 1.82) is 0 Å². The van der Waals surface area contributed by atoms with E-state index in [1.165, 1.54) is 19.3 Å². The van der Waals surface area contributed by atoms with Crippen LogP contribution in [0.25, 0.3) is 0 Å². The number of amides is 1. The van der Waals surface area contributed by atoms with Crippen LogP contribution >= 0.6 is 0 Å². The van der Waals surface area contributed by atoms with E-state index in [-0.39, 0.29) is 11.4 Å². The molecular weight excluding hydrogens is 342 g/mol. The monoisotopic (exact) mass is 371 g/mol. The molecule has 146 valence electrons. The summed E-state index contributed by atoms with van der Waals surface area (Å²) in [6, 6.07) is 7.13. The second-order valence-corrected chi connectivity index (χ2v) is 8.87. The minimum atomic E-state index is -0.795. The Morgan fingerprint density at radius 2 is 1.78 bits per heavy atom. The second-order valence-electron chi connectivity index (χ2n) is 8.87. The zero-order valence-electron chi connectivity index (χ0n) is 16.2. The van der Waals surface area contributed by atoms with E-state index in [9.17, 15) is 9.59 Å². The summed E-state index contributed by atoms with van der Waals surface area (Å²) in [5.41, 5.74) is 1.28. The molecule has 4 bridgehead atoms. The number of nitrogens with one attached hydrogen (secondary N) is 1. The SMILES string of the molecule is COCc1cccc(C(=O)O[C@H](C)C(=O)NC23CC4CC(CC(C4)C2)C3)c1. The average molecular weight is 371 g/mol. The van der Waals surface area contributed by atoms with Crippen molar-refractivity contribution in [3.63, 3.8) is 0 Å². The standard InChI is InChI=1S/C22H29NO4/c1-14(27-21(25)19-5-3-4-15(9-19)13-26-2)20(24)23-22-10-16-6-17(11-22)8-18(7-16)12-22/h3-5,9,14,16-18H,6-8,10-13H2,1-2H3,(H,23,24)/t14-,16?,17?,18?,22?/m1/s1. The molecule has 1 N–H and O–H groups in total. The minimum Gasteiger partial charge on any atom is -0.449 e. The number of benzene rings is 1. The van der Waals surface area contributed by atoms with Gasteiger partial charge >= 0.3 is 5.97 Å². The van der Waals surface area contributed by atoms with Gasteiger partial charge in [-0.25, -0.2) is 4.79 Å². The first kappa shape index (κ1) is 18.5. The topological polar surface area (TPSA) is 64.6 Å². The van der Waals surface area contributed by atoms with E-state index in [1.54, 1.807) is 32.2 Å². The molecule has 0 aliphatic heterocycles. The molecule has 0 aromatic heterocycles. The maximum absolute atomic E-state index is 12.8. The lowest BCUT2D eigenvalue weighted by Crippen LogP contribution is -2.61. The molecule has 0 spiro atoms. The highest BCUT2D eigenvalue weighted by atomic mass is 16.5. The maximum atomic E-state index is 12.8. The van der Waals surface area contributed by atoms with Crippen LogP contribution in [0.15, 0.2) is 24.3 Å². The van der Waals surface area contributed by atoms with Crippen molar-refractivity contribution in [2.45, 2.75) is 63.7 Å². The van der Waals surface area contributed by atoms with Crippen molar-refractivity contribution in [3.8, 4) is 0 Å². The molecule has 0 unspecified atom stereocenters. The molecule has 27 heavy (non-hydrogen) atoms. The van der Waals surface area contributed by atoms with Crippen LogP contribution < -0.4 is 5.32 Å². The van der Waals surface area contributed by atoms with Crippen LogP contribution in [0.4, 0.5) is 0 Å². The van der Waals surface area contributed by atoms with Crippen molar-refractivity contribution in [2.75, 3.05) is 7.11 Å². The molecule has 5 heteroatoms. The van der Waals surface area contributed by atoms with Gasteiger partial charge in [0.15, 0.2) is 6.10 Å². The molecule has 1 aromatic rings. The number of ether oxygens (including phenoxy) is 2. The number of rotatable bonds is 6. The molecule has 1 atom stereocenters. The van der Waals surface area contributed by atoms with Gasteiger partial charge in [-0.15, -0.1) is 0 Å². The Bertz CT molecular complexity index is 693. The van der Waals surface area contributed by atoms with Crippen LogP contribution in [-0.2, 0) is 20.9 Å². The van der Waals surface area contributed by atoms with Gasteiger partial charge in [0.25, 0.3) is 5.91 Å². The van der Waals surface area contributed by atoms with Crippen molar-refractivity contribution in [2.24, 2.45) is 17.8 Å². The number of carbonyl (C=O) groups is 2. The molecule has 4 fully saturated rings. The highest BCUT2D eigenvalue weighted by Crippen LogP contribution is 2.55. The molecule has 0 radical (unpaired) electrons. The first-order valence-electron chi connectivity index (χ1n) is 10.1. The highest BCUT2D eigenvalue weighted by molar-refractivity contribution is 5.92. The summed E-state index contributed by atoms with van der Waals surface area (Å²) < 4.78 is 10.6. The molecule has 1 amide bonds. The molecule has 4 saturated carbocycles. The Hall–Kier alpha value is -1.88. The lowest BCUT2D eigenvalue weighted by molar-refractivity contribution is -0.134. The van der Waals surface area contributed by atoms with Gasteiger partial charge in [0.2, 0.25) is 0 Å². The average Bonchev–Trinajstić information content (AvgIpc) is 2.60. The van der Waals surface area contributed by atoms with Crippen molar-refractivity contribution >= 4 is 11.9 Å². The molecule has 5 nitrogen and oxygen atoms in total. The summed E-state index contributed by atoms with van der Waals surface area (Å²) in [6.07, 6.45) is 6.46. The molecule has 0 heterocycles. The number of hydrogen-bond donors (Lipinski definition) is 1. The molecular formula is C22H29NO4. The van der Waals surface area contributed by atoms with Gasteiger partial charge in [0, 0.05) is 12.6 Å². The smallest absolute Gasteiger partial charge is 0.338 e. The van der Waals surface area contributed by atoms with E-state index < -0.39 is 12.1 Å². The second kappa shape index (κ2) is 7.27. The van der Waals surface area contributed by atoms with E-state index >= 15 is 0 Å². The fourth-order valence-corrected chi connectivity index (χ4v) is 5.86. The highest BCUT2D eigenvalue weighted by Gasteiger charge is 2.51. The minimum absolute atomic E-state index is 0.0646. The van der Waals surface area contributed by atoms with Crippen LogP contribution in [-0.4, -0.2) is 30.6 Å². The predicted molar refractivity (Wildman–Crippen MR) is 101 cm³/mol. The van der Waals surface area contributed by atoms with Crippen LogP contribution in [0.5, 0.6) is 0 Å². The zero-order valence-corrected chi connectivity index (χ0v) is 16.2. The van der Waals surface area contributed by atoms with E-state index in [2.05, 4.69) is 5.32 Å². The first-order valence-corrected chi connectivity index (χ1v) is 10.1. The third-order valence-corrected chi connectivity index (χ3v) is 6.55. The zero-order chi connectivity index (χ0) is 19.0. The largest absolute Gasteiger partial charge is 0.449 e. The molecule has 4 aliphatic rings. The lowest BCUT2D eigenvalue weighted by Gasteiger charge is -2.57. The summed E-state index contributed by atoms with van der Waals surface area (Å²) in [6.45, 7) is 2.09. The summed E-state index contributed by atoms with van der Waals surface area (Å²) in [4.78, 5) is 25.2.